The third-order valence-electron chi connectivity index (χ3n) is 3.01. The van der Waals surface area contributed by atoms with Crippen LogP contribution < -0.4 is 5.32 Å². The zero-order valence-electron chi connectivity index (χ0n) is 9.78. The number of aliphatic hydroxyl groups excluding tert-OH is 1. The number of aliphatic hydroxyl groups is 1. The molecule has 0 aromatic carbocycles. The third-order valence-corrected chi connectivity index (χ3v) is 4.17. The molecule has 1 saturated carbocycles. The number of thiazole rings is 1. The van der Waals surface area contributed by atoms with E-state index in [1.54, 1.807) is 6.92 Å². The fraction of sp³-hybridized carbons (Fsp3) is 0.750. The van der Waals surface area contributed by atoms with Gasteiger partial charge in [-0.1, -0.05) is 12.8 Å². The summed E-state index contributed by atoms with van der Waals surface area (Å²) >= 11 is 1.83. The fourth-order valence-electron chi connectivity index (χ4n) is 2.17. The van der Waals surface area contributed by atoms with Crippen molar-refractivity contribution in [1.29, 1.82) is 0 Å². The van der Waals surface area contributed by atoms with E-state index in [1.165, 1.54) is 35.6 Å². The first-order valence-electron chi connectivity index (χ1n) is 6.09. The Labute approximate surface area is 101 Å². The molecule has 1 fully saturated rings. The highest BCUT2D eigenvalue weighted by atomic mass is 32.1. The first-order valence-corrected chi connectivity index (χ1v) is 6.90. The summed E-state index contributed by atoms with van der Waals surface area (Å²) in [5, 5.41) is 13.7. The molecule has 3 nitrogen and oxygen atoms in total. The van der Waals surface area contributed by atoms with Crippen LogP contribution in [0.25, 0.3) is 0 Å². The maximum Gasteiger partial charge on any atom is 0.0959 e. The predicted molar refractivity (Wildman–Crippen MR) is 66.7 cm³/mol. The fourth-order valence-corrected chi connectivity index (χ4v) is 3.23. The molecule has 2 N–H and O–H groups in total. The van der Waals surface area contributed by atoms with Gasteiger partial charge in [-0.3, -0.25) is 0 Å². The molecule has 0 spiro atoms. The molecule has 0 amide bonds. The topological polar surface area (TPSA) is 45.1 Å². The SMILES string of the molecule is C[C@H](O)CNCc1cnc(C2CCCC2)s1. The average molecular weight is 240 g/mol. The number of hydrogen-bond acceptors (Lipinski definition) is 4. The van der Waals surface area contributed by atoms with E-state index in [2.05, 4.69) is 10.3 Å². The summed E-state index contributed by atoms with van der Waals surface area (Å²) in [4.78, 5) is 5.79. The highest BCUT2D eigenvalue weighted by Crippen LogP contribution is 2.35. The van der Waals surface area contributed by atoms with Crippen molar-refractivity contribution in [3.63, 3.8) is 0 Å². The van der Waals surface area contributed by atoms with Crippen molar-refractivity contribution in [2.24, 2.45) is 0 Å². The molecule has 0 saturated heterocycles. The normalized spacial score (nSPS) is 19.1. The standard InChI is InChI=1S/C12H20N2OS/c1-9(15)6-13-7-11-8-14-12(16-11)10-4-2-3-5-10/h8-10,13,15H,2-7H2,1H3/t9-/m0/s1. The van der Waals surface area contributed by atoms with Gasteiger partial charge in [-0.25, -0.2) is 4.98 Å². The van der Waals surface area contributed by atoms with Gasteiger partial charge in [0.25, 0.3) is 0 Å². The second-order valence-electron chi connectivity index (χ2n) is 4.63. The summed E-state index contributed by atoms with van der Waals surface area (Å²) in [6.07, 6.45) is 7.05. The Hall–Kier alpha value is -0.450. The van der Waals surface area contributed by atoms with Crippen LogP contribution in [0.3, 0.4) is 0 Å². The Morgan fingerprint density at radius 3 is 3.00 bits per heavy atom. The number of nitrogens with one attached hydrogen (secondary N) is 1. The lowest BCUT2D eigenvalue weighted by Gasteiger charge is -2.05. The van der Waals surface area contributed by atoms with Crippen molar-refractivity contribution < 1.29 is 5.11 Å². The predicted octanol–water partition coefficient (Wildman–Crippen LogP) is 2.27. The molecule has 1 aliphatic carbocycles. The molecule has 1 atom stereocenters. The molecule has 0 radical (unpaired) electrons. The van der Waals surface area contributed by atoms with Crippen LogP contribution in [-0.2, 0) is 6.54 Å². The molecule has 0 unspecified atom stereocenters. The molecule has 90 valence electrons. The van der Waals surface area contributed by atoms with Gasteiger partial charge in [0, 0.05) is 30.1 Å². The monoisotopic (exact) mass is 240 g/mol. The first kappa shape index (κ1) is 12.0. The Balaban J connectivity index is 1.82. The van der Waals surface area contributed by atoms with Gasteiger partial charge >= 0.3 is 0 Å². The second kappa shape index (κ2) is 5.75. The molecular formula is C12H20N2OS. The second-order valence-corrected chi connectivity index (χ2v) is 5.77. The number of rotatable bonds is 5. The molecule has 1 aromatic heterocycles. The number of hydrogen-bond donors (Lipinski definition) is 2. The van der Waals surface area contributed by atoms with Crippen LogP contribution in [-0.4, -0.2) is 22.7 Å². The lowest BCUT2D eigenvalue weighted by molar-refractivity contribution is 0.191. The van der Waals surface area contributed by atoms with Crippen molar-refractivity contribution in [3.8, 4) is 0 Å². The molecule has 2 rings (SSSR count). The minimum Gasteiger partial charge on any atom is -0.392 e. The number of aromatic nitrogens is 1. The van der Waals surface area contributed by atoms with E-state index < -0.39 is 0 Å². The quantitative estimate of drug-likeness (QED) is 0.830. The summed E-state index contributed by atoms with van der Waals surface area (Å²) in [7, 11) is 0. The molecule has 1 aromatic rings. The van der Waals surface area contributed by atoms with E-state index in [1.807, 2.05) is 17.5 Å². The highest BCUT2D eigenvalue weighted by molar-refractivity contribution is 7.11. The van der Waals surface area contributed by atoms with E-state index in [9.17, 15) is 0 Å². The molecule has 0 aliphatic heterocycles. The van der Waals surface area contributed by atoms with Crippen molar-refractivity contribution in [1.82, 2.24) is 10.3 Å². The van der Waals surface area contributed by atoms with E-state index in [4.69, 9.17) is 5.11 Å². The maximum absolute atomic E-state index is 9.13. The minimum atomic E-state index is -0.276. The van der Waals surface area contributed by atoms with E-state index in [0.29, 0.717) is 6.54 Å². The van der Waals surface area contributed by atoms with Crippen molar-refractivity contribution in [2.75, 3.05) is 6.54 Å². The Bertz CT molecular complexity index is 319. The van der Waals surface area contributed by atoms with E-state index in [0.717, 1.165) is 12.5 Å². The zero-order chi connectivity index (χ0) is 11.4. The van der Waals surface area contributed by atoms with Gasteiger partial charge in [0.2, 0.25) is 0 Å². The Kier molecular flexibility index (Phi) is 4.32. The van der Waals surface area contributed by atoms with Gasteiger partial charge in [-0.05, 0) is 19.8 Å². The largest absolute Gasteiger partial charge is 0.392 e. The Morgan fingerprint density at radius 2 is 2.31 bits per heavy atom. The van der Waals surface area contributed by atoms with Gasteiger partial charge in [-0.15, -0.1) is 11.3 Å². The lowest BCUT2D eigenvalue weighted by atomic mass is 10.1. The van der Waals surface area contributed by atoms with Crippen LogP contribution >= 0.6 is 11.3 Å². The van der Waals surface area contributed by atoms with E-state index in [-0.39, 0.29) is 6.10 Å². The minimum absolute atomic E-state index is 0.276. The van der Waals surface area contributed by atoms with Crippen LogP contribution in [0.4, 0.5) is 0 Å². The molecule has 0 bridgehead atoms. The molecule has 4 heteroatoms. The van der Waals surface area contributed by atoms with Crippen molar-refractivity contribution >= 4 is 11.3 Å². The molecular weight excluding hydrogens is 220 g/mol. The molecule has 1 aliphatic rings. The van der Waals surface area contributed by atoms with Gasteiger partial charge < -0.3 is 10.4 Å². The molecule has 16 heavy (non-hydrogen) atoms. The summed E-state index contributed by atoms with van der Waals surface area (Å²) in [6.45, 7) is 3.27. The van der Waals surface area contributed by atoms with Gasteiger partial charge in [-0.2, -0.15) is 0 Å². The number of nitrogens with zero attached hydrogens (tertiary/aromatic N) is 1. The van der Waals surface area contributed by atoms with Crippen molar-refractivity contribution in [2.45, 2.75) is 51.2 Å². The molecule has 1 heterocycles. The maximum atomic E-state index is 9.13. The zero-order valence-corrected chi connectivity index (χ0v) is 10.6. The highest BCUT2D eigenvalue weighted by Gasteiger charge is 2.19. The van der Waals surface area contributed by atoms with Gasteiger partial charge in [0.15, 0.2) is 0 Å². The first-order chi connectivity index (χ1) is 7.75. The summed E-state index contributed by atoms with van der Waals surface area (Å²) in [5.74, 6) is 0.718. The van der Waals surface area contributed by atoms with Crippen LogP contribution in [0.2, 0.25) is 0 Å². The third kappa shape index (κ3) is 3.27. The smallest absolute Gasteiger partial charge is 0.0959 e. The van der Waals surface area contributed by atoms with E-state index >= 15 is 0 Å². The van der Waals surface area contributed by atoms with Crippen LogP contribution in [0.5, 0.6) is 0 Å². The summed E-state index contributed by atoms with van der Waals surface area (Å²) in [6, 6.07) is 0. The average Bonchev–Trinajstić information content (AvgIpc) is 2.85. The lowest BCUT2D eigenvalue weighted by Crippen LogP contribution is -2.23. The van der Waals surface area contributed by atoms with Gasteiger partial charge in [0.1, 0.15) is 0 Å². The summed E-state index contributed by atoms with van der Waals surface area (Å²) < 4.78 is 0. The Morgan fingerprint density at radius 1 is 1.56 bits per heavy atom. The summed E-state index contributed by atoms with van der Waals surface area (Å²) in [5.41, 5.74) is 0. The van der Waals surface area contributed by atoms with Crippen LogP contribution in [0, 0.1) is 0 Å². The van der Waals surface area contributed by atoms with Gasteiger partial charge in [0.05, 0.1) is 11.1 Å². The van der Waals surface area contributed by atoms with Crippen LogP contribution in [0.1, 0.15) is 48.4 Å². The van der Waals surface area contributed by atoms with Crippen LogP contribution in [0.15, 0.2) is 6.20 Å². The van der Waals surface area contributed by atoms with Crippen molar-refractivity contribution in [3.05, 3.63) is 16.1 Å².